The average molecular weight is 289 g/mol. The Labute approximate surface area is 126 Å². The average Bonchev–Trinajstić information content (AvgIpc) is 2.47. The number of nitrogens with zero attached hydrogens (tertiary/aromatic N) is 2. The molecular formula is C16H23N3S. The summed E-state index contributed by atoms with van der Waals surface area (Å²) in [6, 6.07) is 9.04. The SMILES string of the molecule is CCSc1cccc(N2CCCCC2C(C)N)c1C#N. The molecule has 0 radical (unpaired) electrons. The van der Waals surface area contributed by atoms with E-state index in [0.717, 1.165) is 34.9 Å². The molecule has 1 aliphatic rings. The van der Waals surface area contributed by atoms with Crippen LogP contribution in [0.5, 0.6) is 0 Å². The Bertz CT molecular complexity index is 493. The fourth-order valence-corrected chi connectivity index (χ4v) is 3.73. The third-order valence-corrected chi connectivity index (χ3v) is 4.82. The van der Waals surface area contributed by atoms with Crippen LogP contribution in [0.1, 0.15) is 38.7 Å². The summed E-state index contributed by atoms with van der Waals surface area (Å²) in [7, 11) is 0. The number of anilines is 1. The highest BCUT2D eigenvalue weighted by Gasteiger charge is 2.27. The number of benzene rings is 1. The number of thioether (sulfide) groups is 1. The lowest BCUT2D eigenvalue weighted by molar-refractivity contribution is 0.413. The molecule has 108 valence electrons. The Hall–Kier alpha value is -1.18. The zero-order chi connectivity index (χ0) is 14.5. The predicted octanol–water partition coefficient (Wildman–Crippen LogP) is 3.38. The highest BCUT2D eigenvalue weighted by Crippen LogP contribution is 2.34. The van der Waals surface area contributed by atoms with Gasteiger partial charge in [0, 0.05) is 23.5 Å². The van der Waals surface area contributed by atoms with Gasteiger partial charge in [0.05, 0.1) is 11.3 Å². The molecule has 1 aromatic carbocycles. The molecule has 0 aliphatic carbocycles. The summed E-state index contributed by atoms with van der Waals surface area (Å²) >= 11 is 1.73. The molecule has 2 N–H and O–H groups in total. The maximum absolute atomic E-state index is 9.56. The van der Waals surface area contributed by atoms with Gasteiger partial charge in [0.15, 0.2) is 0 Å². The van der Waals surface area contributed by atoms with Crippen molar-refractivity contribution in [1.29, 1.82) is 5.26 Å². The van der Waals surface area contributed by atoms with E-state index in [1.165, 1.54) is 12.8 Å². The van der Waals surface area contributed by atoms with Crippen molar-refractivity contribution in [1.82, 2.24) is 0 Å². The number of hydrogen-bond acceptors (Lipinski definition) is 4. The van der Waals surface area contributed by atoms with Crippen LogP contribution < -0.4 is 10.6 Å². The number of piperidine rings is 1. The Kier molecular flexibility index (Phi) is 5.33. The molecule has 4 heteroatoms. The van der Waals surface area contributed by atoms with Crippen LogP contribution in [-0.4, -0.2) is 24.4 Å². The topological polar surface area (TPSA) is 53.0 Å². The summed E-state index contributed by atoms with van der Waals surface area (Å²) in [5, 5.41) is 9.56. The van der Waals surface area contributed by atoms with E-state index in [9.17, 15) is 5.26 Å². The molecule has 1 saturated heterocycles. The summed E-state index contributed by atoms with van der Waals surface area (Å²) < 4.78 is 0. The third kappa shape index (κ3) is 3.11. The second-order valence-electron chi connectivity index (χ2n) is 5.31. The van der Waals surface area contributed by atoms with Gasteiger partial charge in [0.1, 0.15) is 6.07 Å². The van der Waals surface area contributed by atoms with E-state index in [4.69, 9.17) is 5.73 Å². The number of nitrogens with two attached hydrogens (primary N) is 1. The molecule has 2 rings (SSSR count). The van der Waals surface area contributed by atoms with Crippen LogP contribution >= 0.6 is 11.8 Å². The summed E-state index contributed by atoms with van der Waals surface area (Å²) in [6.45, 7) is 5.19. The second kappa shape index (κ2) is 7.01. The molecule has 0 saturated carbocycles. The largest absolute Gasteiger partial charge is 0.366 e. The molecule has 2 atom stereocenters. The Morgan fingerprint density at radius 3 is 2.95 bits per heavy atom. The van der Waals surface area contributed by atoms with Crippen LogP contribution in [0.3, 0.4) is 0 Å². The summed E-state index contributed by atoms with van der Waals surface area (Å²) in [4.78, 5) is 3.44. The van der Waals surface area contributed by atoms with E-state index in [-0.39, 0.29) is 6.04 Å². The lowest BCUT2D eigenvalue weighted by Crippen LogP contribution is -2.49. The molecule has 1 aromatic rings. The maximum Gasteiger partial charge on any atom is 0.103 e. The second-order valence-corrected chi connectivity index (χ2v) is 6.62. The minimum Gasteiger partial charge on any atom is -0.366 e. The number of hydrogen-bond donors (Lipinski definition) is 1. The van der Waals surface area contributed by atoms with Crippen molar-refractivity contribution < 1.29 is 0 Å². The van der Waals surface area contributed by atoms with Crippen molar-refractivity contribution in [2.45, 2.75) is 50.1 Å². The van der Waals surface area contributed by atoms with Crippen LogP contribution in [0.15, 0.2) is 23.1 Å². The molecule has 0 bridgehead atoms. The molecule has 20 heavy (non-hydrogen) atoms. The minimum absolute atomic E-state index is 0.129. The van der Waals surface area contributed by atoms with Crippen molar-refractivity contribution in [2.24, 2.45) is 5.73 Å². The number of rotatable bonds is 4. The molecule has 3 nitrogen and oxygen atoms in total. The molecular weight excluding hydrogens is 266 g/mol. The van der Waals surface area contributed by atoms with Crippen molar-refractivity contribution in [2.75, 3.05) is 17.2 Å². The van der Waals surface area contributed by atoms with Gasteiger partial charge in [-0.2, -0.15) is 5.26 Å². The third-order valence-electron chi connectivity index (χ3n) is 3.88. The van der Waals surface area contributed by atoms with E-state index in [1.807, 2.05) is 6.07 Å². The predicted molar refractivity (Wildman–Crippen MR) is 86.2 cm³/mol. The lowest BCUT2D eigenvalue weighted by atomic mass is 9.95. The van der Waals surface area contributed by atoms with Gasteiger partial charge in [-0.1, -0.05) is 13.0 Å². The quantitative estimate of drug-likeness (QED) is 0.863. The molecule has 2 unspecified atom stereocenters. The monoisotopic (exact) mass is 289 g/mol. The zero-order valence-corrected chi connectivity index (χ0v) is 13.1. The van der Waals surface area contributed by atoms with Gasteiger partial charge in [0.25, 0.3) is 0 Å². The van der Waals surface area contributed by atoms with Gasteiger partial charge in [-0.05, 0) is 44.1 Å². The van der Waals surface area contributed by atoms with Crippen LogP contribution in [0.2, 0.25) is 0 Å². The minimum atomic E-state index is 0.129. The standard InChI is InChI=1S/C16H23N3S/c1-3-20-16-9-6-8-15(13(16)11-17)19-10-5-4-7-14(19)12(2)18/h6,8-9,12,14H,3-5,7,10,18H2,1-2H3. The molecule has 0 spiro atoms. The van der Waals surface area contributed by atoms with Crippen molar-refractivity contribution >= 4 is 17.4 Å². The van der Waals surface area contributed by atoms with Crippen molar-refractivity contribution in [3.8, 4) is 6.07 Å². The van der Waals surface area contributed by atoms with Crippen LogP contribution in [0.25, 0.3) is 0 Å². The zero-order valence-electron chi connectivity index (χ0n) is 12.3. The van der Waals surface area contributed by atoms with Crippen molar-refractivity contribution in [3.63, 3.8) is 0 Å². The smallest absolute Gasteiger partial charge is 0.103 e. The summed E-state index contributed by atoms with van der Waals surface area (Å²) in [5.74, 6) is 0.981. The highest BCUT2D eigenvalue weighted by molar-refractivity contribution is 7.99. The van der Waals surface area contributed by atoms with Crippen molar-refractivity contribution in [3.05, 3.63) is 23.8 Å². The maximum atomic E-state index is 9.56. The number of nitriles is 1. The molecule has 0 aromatic heterocycles. The Morgan fingerprint density at radius 2 is 2.30 bits per heavy atom. The summed E-state index contributed by atoms with van der Waals surface area (Å²) in [6.07, 6.45) is 3.53. The molecule has 1 aliphatic heterocycles. The Balaban J connectivity index is 2.40. The first-order chi connectivity index (χ1) is 9.69. The fourth-order valence-electron chi connectivity index (χ4n) is 2.95. The van der Waals surface area contributed by atoms with Gasteiger partial charge in [-0.3, -0.25) is 0 Å². The van der Waals surface area contributed by atoms with E-state index in [2.05, 4.69) is 36.9 Å². The lowest BCUT2D eigenvalue weighted by Gasteiger charge is -2.40. The highest BCUT2D eigenvalue weighted by atomic mass is 32.2. The van der Waals surface area contributed by atoms with E-state index >= 15 is 0 Å². The van der Waals surface area contributed by atoms with E-state index in [0.29, 0.717) is 6.04 Å². The first-order valence-electron chi connectivity index (χ1n) is 7.37. The van der Waals surface area contributed by atoms with E-state index in [1.54, 1.807) is 11.8 Å². The first-order valence-corrected chi connectivity index (χ1v) is 8.35. The van der Waals surface area contributed by atoms with Crippen LogP contribution in [0.4, 0.5) is 5.69 Å². The molecule has 1 fully saturated rings. The van der Waals surface area contributed by atoms with Gasteiger partial charge in [0.2, 0.25) is 0 Å². The molecule has 0 amide bonds. The van der Waals surface area contributed by atoms with Crippen LogP contribution in [0, 0.1) is 11.3 Å². The van der Waals surface area contributed by atoms with Gasteiger partial charge >= 0.3 is 0 Å². The van der Waals surface area contributed by atoms with Gasteiger partial charge < -0.3 is 10.6 Å². The Morgan fingerprint density at radius 1 is 1.50 bits per heavy atom. The molecule has 1 heterocycles. The van der Waals surface area contributed by atoms with E-state index < -0.39 is 0 Å². The summed E-state index contributed by atoms with van der Waals surface area (Å²) in [5.41, 5.74) is 8.03. The first kappa shape index (κ1) is 15.2. The van der Waals surface area contributed by atoms with Gasteiger partial charge in [-0.25, -0.2) is 0 Å². The fraction of sp³-hybridized carbons (Fsp3) is 0.562. The van der Waals surface area contributed by atoms with Gasteiger partial charge in [-0.15, -0.1) is 11.8 Å². The normalized spacial score (nSPS) is 20.5. The van der Waals surface area contributed by atoms with Crippen LogP contribution in [-0.2, 0) is 0 Å².